The fourth-order valence-electron chi connectivity index (χ4n) is 1.51. The molecule has 0 bridgehead atoms. The highest BCUT2D eigenvalue weighted by Crippen LogP contribution is 2.30. The first-order chi connectivity index (χ1) is 9.40. The quantitative estimate of drug-likeness (QED) is 0.940. The first kappa shape index (κ1) is 14.3. The Bertz CT molecular complexity index is 627. The molecule has 0 aliphatic heterocycles. The van der Waals surface area contributed by atoms with Gasteiger partial charge in [0, 0.05) is 11.5 Å². The molecular formula is C12H9F3N4S. The lowest BCUT2D eigenvalue weighted by Crippen LogP contribution is -2.09. The molecule has 0 saturated carbocycles. The monoisotopic (exact) mass is 298 g/mol. The van der Waals surface area contributed by atoms with E-state index in [0.29, 0.717) is 17.1 Å². The molecule has 4 nitrogen and oxygen atoms in total. The van der Waals surface area contributed by atoms with Gasteiger partial charge in [-0.15, -0.1) is 0 Å². The summed E-state index contributed by atoms with van der Waals surface area (Å²) in [6.45, 7) is 1.79. The summed E-state index contributed by atoms with van der Waals surface area (Å²) >= 11 is 0.663. The Morgan fingerprint density at radius 3 is 2.45 bits per heavy atom. The molecule has 1 aromatic heterocycles. The minimum atomic E-state index is -4.53. The molecule has 1 heterocycles. The zero-order chi connectivity index (χ0) is 14.8. The van der Waals surface area contributed by atoms with Crippen molar-refractivity contribution in [1.82, 2.24) is 9.36 Å². The molecule has 1 N–H and O–H groups in total. The third-order valence-corrected chi connectivity index (χ3v) is 3.21. The van der Waals surface area contributed by atoms with Crippen LogP contribution in [0.3, 0.4) is 0 Å². The van der Waals surface area contributed by atoms with Crippen LogP contribution in [-0.4, -0.2) is 9.36 Å². The van der Waals surface area contributed by atoms with Gasteiger partial charge in [0.1, 0.15) is 0 Å². The minimum Gasteiger partial charge on any atom is -0.354 e. The van der Waals surface area contributed by atoms with E-state index in [4.69, 9.17) is 5.26 Å². The molecule has 0 spiro atoms. The largest absolute Gasteiger partial charge is 0.452 e. The van der Waals surface area contributed by atoms with Gasteiger partial charge in [-0.1, -0.05) is 12.1 Å². The number of halogens is 3. The van der Waals surface area contributed by atoms with Gasteiger partial charge in [-0.05, 0) is 24.6 Å². The van der Waals surface area contributed by atoms with Crippen LogP contribution >= 0.6 is 11.5 Å². The summed E-state index contributed by atoms with van der Waals surface area (Å²) < 4.78 is 40.4. The Hall–Kier alpha value is -2.14. The molecule has 0 aliphatic carbocycles. The Balaban J connectivity index is 2.09. The van der Waals surface area contributed by atoms with Gasteiger partial charge in [0.15, 0.2) is 0 Å². The number of aromatic nitrogens is 2. The zero-order valence-corrected chi connectivity index (χ0v) is 11.1. The van der Waals surface area contributed by atoms with Crippen molar-refractivity contribution in [1.29, 1.82) is 5.26 Å². The summed E-state index contributed by atoms with van der Waals surface area (Å²) in [6, 6.07) is 8.53. The van der Waals surface area contributed by atoms with Gasteiger partial charge in [0.2, 0.25) is 11.0 Å². The van der Waals surface area contributed by atoms with E-state index >= 15 is 0 Å². The van der Waals surface area contributed by atoms with E-state index in [0.717, 1.165) is 5.56 Å². The number of hydrogen-bond acceptors (Lipinski definition) is 5. The maximum absolute atomic E-state index is 12.4. The molecule has 2 aromatic rings. The molecule has 0 aliphatic rings. The SMILES string of the molecule is CC(Nc1nc(C(F)(F)F)ns1)c1ccc(C#N)cc1. The highest BCUT2D eigenvalue weighted by Gasteiger charge is 2.36. The summed E-state index contributed by atoms with van der Waals surface area (Å²) in [5.41, 5.74) is 1.36. The number of alkyl halides is 3. The van der Waals surface area contributed by atoms with Crippen LogP contribution < -0.4 is 5.32 Å². The Morgan fingerprint density at radius 2 is 1.95 bits per heavy atom. The van der Waals surface area contributed by atoms with Crippen LogP contribution in [0, 0.1) is 11.3 Å². The van der Waals surface area contributed by atoms with Crippen molar-refractivity contribution in [2.75, 3.05) is 5.32 Å². The van der Waals surface area contributed by atoms with Crippen molar-refractivity contribution < 1.29 is 13.2 Å². The lowest BCUT2D eigenvalue weighted by molar-refractivity contribution is -0.144. The summed E-state index contributed by atoms with van der Waals surface area (Å²) in [6.07, 6.45) is -4.53. The molecule has 1 aromatic carbocycles. The Morgan fingerprint density at radius 1 is 1.30 bits per heavy atom. The molecule has 2 rings (SSSR count). The van der Waals surface area contributed by atoms with E-state index in [1.54, 1.807) is 31.2 Å². The van der Waals surface area contributed by atoms with Gasteiger partial charge in [-0.2, -0.15) is 27.8 Å². The van der Waals surface area contributed by atoms with Gasteiger partial charge in [-0.25, -0.2) is 0 Å². The van der Waals surface area contributed by atoms with Crippen LogP contribution in [0.4, 0.5) is 18.3 Å². The second-order valence-electron chi connectivity index (χ2n) is 4.02. The summed E-state index contributed by atoms with van der Waals surface area (Å²) in [4.78, 5) is 3.40. The predicted molar refractivity (Wildman–Crippen MR) is 68.1 cm³/mol. The summed E-state index contributed by atoms with van der Waals surface area (Å²) in [5.74, 6) is -1.14. The third-order valence-electron chi connectivity index (χ3n) is 2.56. The molecule has 1 unspecified atom stereocenters. The molecule has 20 heavy (non-hydrogen) atoms. The first-order valence-corrected chi connectivity index (χ1v) is 6.35. The average Bonchev–Trinajstić information content (AvgIpc) is 2.87. The van der Waals surface area contributed by atoms with Crippen LogP contribution in [0.25, 0.3) is 0 Å². The summed E-state index contributed by atoms with van der Waals surface area (Å²) in [7, 11) is 0. The van der Waals surface area contributed by atoms with Crippen molar-refractivity contribution in [3.05, 3.63) is 41.2 Å². The lowest BCUT2D eigenvalue weighted by Gasteiger charge is -2.12. The number of nitriles is 1. The predicted octanol–water partition coefficient (Wildman–Crippen LogP) is 3.60. The molecule has 0 amide bonds. The second-order valence-corrected chi connectivity index (χ2v) is 4.77. The Labute approximate surface area is 117 Å². The maximum Gasteiger partial charge on any atom is 0.452 e. The van der Waals surface area contributed by atoms with Crippen molar-refractivity contribution in [2.45, 2.75) is 19.1 Å². The van der Waals surface area contributed by atoms with Crippen molar-refractivity contribution in [3.8, 4) is 6.07 Å². The van der Waals surface area contributed by atoms with E-state index in [1.165, 1.54) is 0 Å². The molecular weight excluding hydrogens is 289 g/mol. The van der Waals surface area contributed by atoms with Crippen molar-refractivity contribution in [2.24, 2.45) is 0 Å². The van der Waals surface area contributed by atoms with Gasteiger partial charge < -0.3 is 5.32 Å². The molecule has 8 heteroatoms. The van der Waals surface area contributed by atoms with Crippen LogP contribution in [0.2, 0.25) is 0 Å². The van der Waals surface area contributed by atoms with E-state index in [-0.39, 0.29) is 11.2 Å². The number of benzene rings is 1. The fourth-order valence-corrected chi connectivity index (χ4v) is 2.19. The van der Waals surface area contributed by atoms with E-state index < -0.39 is 12.0 Å². The number of anilines is 1. The normalized spacial score (nSPS) is 12.8. The number of hydrogen-bond donors (Lipinski definition) is 1. The van der Waals surface area contributed by atoms with E-state index in [1.807, 2.05) is 6.07 Å². The van der Waals surface area contributed by atoms with Crippen LogP contribution in [0.5, 0.6) is 0 Å². The Kier molecular flexibility index (Phi) is 3.90. The zero-order valence-electron chi connectivity index (χ0n) is 10.3. The molecule has 104 valence electrons. The van der Waals surface area contributed by atoms with Crippen LogP contribution in [0.1, 0.15) is 29.9 Å². The van der Waals surface area contributed by atoms with Crippen molar-refractivity contribution in [3.63, 3.8) is 0 Å². The van der Waals surface area contributed by atoms with Crippen LogP contribution in [0.15, 0.2) is 24.3 Å². The maximum atomic E-state index is 12.4. The van der Waals surface area contributed by atoms with Crippen molar-refractivity contribution >= 4 is 16.7 Å². The number of nitrogens with one attached hydrogen (secondary N) is 1. The van der Waals surface area contributed by atoms with Gasteiger partial charge in [-0.3, -0.25) is 0 Å². The number of rotatable bonds is 3. The highest BCUT2D eigenvalue weighted by atomic mass is 32.1. The van der Waals surface area contributed by atoms with Gasteiger partial charge in [0.05, 0.1) is 17.7 Å². The smallest absolute Gasteiger partial charge is 0.354 e. The second kappa shape index (κ2) is 5.46. The molecule has 0 saturated heterocycles. The van der Waals surface area contributed by atoms with Crippen LogP contribution in [-0.2, 0) is 6.18 Å². The molecule has 0 fully saturated rings. The number of nitrogens with zero attached hydrogens (tertiary/aromatic N) is 3. The third kappa shape index (κ3) is 3.24. The van der Waals surface area contributed by atoms with E-state index in [2.05, 4.69) is 14.7 Å². The highest BCUT2D eigenvalue weighted by molar-refractivity contribution is 7.09. The average molecular weight is 298 g/mol. The van der Waals surface area contributed by atoms with Gasteiger partial charge in [0.25, 0.3) is 0 Å². The summed E-state index contributed by atoms with van der Waals surface area (Å²) in [5, 5.41) is 11.6. The fraction of sp³-hybridized carbons (Fsp3) is 0.250. The molecule has 1 atom stereocenters. The minimum absolute atomic E-state index is 0.106. The van der Waals surface area contributed by atoms with E-state index in [9.17, 15) is 13.2 Å². The standard InChI is InChI=1S/C12H9F3N4S/c1-7(9-4-2-8(6-16)3-5-9)17-11-18-10(19-20-11)12(13,14)15/h2-5,7H,1H3,(H,17,18,19). The topological polar surface area (TPSA) is 61.6 Å². The lowest BCUT2D eigenvalue weighted by atomic mass is 10.1. The first-order valence-electron chi connectivity index (χ1n) is 5.57. The molecule has 0 radical (unpaired) electrons. The van der Waals surface area contributed by atoms with Gasteiger partial charge >= 0.3 is 6.18 Å².